The van der Waals surface area contributed by atoms with Crippen LogP contribution in [0.3, 0.4) is 0 Å². The summed E-state index contributed by atoms with van der Waals surface area (Å²) in [6.45, 7) is 7.41. The number of hydrogen-bond acceptors (Lipinski definition) is 3. The molecule has 0 spiro atoms. The van der Waals surface area contributed by atoms with Crippen molar-refractivity contribution < 1.29 is 4.79 Å². The first kappa shape index (κ1) is 21.4. The number of likely N-dealkylation sites (tertiary alicyclic amines) is 1. The number of hydrogen-bond donors (Lipinski definition) is 1. The lowest BCUT2D eigenvalue weighted by atomic mass is 10.1. The Bertz CT molecular complexity index is 873. The van der Waals surface area contributed by atoms with Gasteiger partial charge in [-0.15, -0.1) is 0 Å². The minimum atomic E-state index is 0.276. The van der Waals surface area contributed by atoms with E-state index in [2.05, 4.69) is 74.7 Å². The number of rotatable bonds is 6. The van der Waals surface area contributed by atoms with Crippen LogP contribution in [-0.4, -0.2) is 66.3 Å². The van der Waals surface area contributed by atoms with E-state index in [4.69, 9.17) is 0 Å². The van der Waals surface area contributed by atoms with Gasteiger partial charge in [0.15, 0.2) is 5.96 Å². The molecule has 1 N–H and O–H groups in total. The highest BCUT2D eigenvalue weighted by Gasteiger charge is 2.21. The maximum absolute atomic E-state index is 11.8. The highest BCUT2D eigenvalue weighted by atomic mass is 16.2. The van der Waals surface area contributed by atoms with E-state index in [9.17, 15) is 4.79 Å². The molecule has 164 valence electrons. The van der Waals surface area contributed by atoms with Crippen LogP contribution in [0.5, 0.6) is 0 Å². The molecule has 31 heavy (non-hydrogen) atoms. The van der Waals surface area contributed by atoms with E-state index >= 15 is 0 Å². The van der Waals surface area contributed by atoms with Gasteiger partial charge in [-0.1, -0.05) is 54.6 Å². The van der Waals surface area contributed by atoms with Gasteiger partial charge in [0.1, 0.15) is 0 Å². The zero-order chi connectivity index (χ0) is 21.5. The Labute approximate surface area is 185 Å². The maximum atomic E-state index is 11.8. The molecule has 6 heteroatoms. The zero-order valence-electron chi connectivity index (χ0n) is 18.5. The first-order valence-corrected chi connectivity index (χ1v) is 11.3. The first-order valence-electron chi connectivity index (χ1n) is 11.3. The van der Waals surface area contributed by atoms with Gasteiger partial charge in [-0.2, -0.15) is 0 Å². The molecule has 1 amide bonds. The average Bonchev–Trinajstić information content (AvgIpc) is 3.21. The quantitative estimate of drug-likeness (QED) is 0.578. The van der Waals surface area contributed by atoms with Crippen molar-refractivity contribution in [1.29, 1.82) is 0 Å². The fourth-order valence-electron chi connectivity index (χ4n) is 4.33. The first-order chi connectivity index (χ1) is 15.2. The normalized spacial score (nSPS) is 18.0. The molecule has 2 heterocycles. The molecule has 2 aliphatic heterocycles. The van der Waals surface area contributed by atoms with Crippen LogP contribution in [0.15, 0.2) is 59.6 Å². The van der Waals surface area contributed by atoms with Crippen LogP contribution >= 0.6 is 0 Å². The molecule has 2 saturated heterocycles. The number of piperazine rings is 1. The van der Waals surface area contributed by atoms with Crippen LogP contribution in [0.4, 0.5) is 0 Å². The fraction of sp³-hybridized carbons (Fsp3) is 0.440. The zero-order valence-corrected chi connectivity index (χ0v) is 18.5. The monoisotopic (exact) mass is 419 g/mol. The van der Waals surface area contributed by atoms with Crippen molar-refractivity contribution in [3.63, 3.8) is 0 Å². The lowest BCUT2D eigenvalue weighted by Gasteiger charge is -2.36. The average molecular weight is 420 g/mol. The van der Waals surface area contributed by atoms with Crippen molar-refractivity contribution in [2.24, 2.45) is 4.99 Å². The predicted octanol–water partition coefficient (Wildman–Crippen LogP) is 2.70. The number of nitrogens with one attached hydrogen (secondary N) is 1. The summed E-state index contributed by atoms with van der Waals surface area (Å²) in [5.74, 6) is 1.24. The Morgan fingerprint density at radius 1 is 0.871 bits per heavy atom. The minimum Gasteiger partial charge on any atom is -0.352 e. The third-order valence-electron chi connectivity index (χ3n) is 6.15. The molecule has 2 aromatic rings. The highest BCUT2D eigenvalue weighted by Crippen LogP contribution is 2.15. The standard InChI is InChI=1S/C25H33N5O/c1-26-25(29-16-14-28(15-17-29)19-22-6-3-2-4-7-22)27-18-21-9-11-23(12-10-21)20-30-13-5-8-24(30)31/h2-4,6-7,9-12H,5,8,13-20H2,1H3,(H,26,27). The van der Waals surface area contributed by atoms with E-state index in [0.29, 0.717) is 6.42 Å². The van der Waals surface area contributed by atoms with Crippen molar-refractivity contribution in [3.8, 4) is 0 Å². The van der Waals surface area contributed by atoms with Crippen LogP contribution in [0.1, 0.15) is 29.5 Å². The number of amides is 1. The topological polar surface area (TPSA) is 51.2 Å². The molecule has 6 nitrogen and oxygen atoms in total. The Kier molecular flexibility index (Phi) is 7.20. The summed E-state index contributed by atoms with van der Waals surface area (Å²) < 4.78 is 0. The van der Waals surface area contributed by atoms with Gasteiger partial charge in [0.05, 0.1) is 0 Å². The second-order valence-electron chi connectivity index (χ2n) is 8.38. The van der Waals surface area contributed by atoms with Gasteiger partial charge in [-0.25, -0.2) is 0 Å². The molecule has 0 bridgehead atoms. The number of aliphatic imine (C=N–C) groups is 1. The Hall–Kier alpha value is -2.86. The van der Waals surface area contributed by atoms with Gasteiger partial charge in [-0.3, -0.25) is 14.7 Å². The molecule has 4 rings (SSSR count). The molecule has 2 aromatic carbocycles. The van der Waals surface area contributed by atoms with Gasteiger partial charge in [0.25, 0.3) is 0 Å². The summed E-state index contributed by atoms with van der Waals surface area (Å²) in [4.78, 5) is 23.1. The molecule has 0 unspecified atom stereocenters. The van der Waals surface area contributed by atoms with Gasteiger partial charge in [0.2, 0.25) is 5.91 Å². The van der Waals surface area contributed by atoms with E-state index < -0.39 is 0 Å². The van der Waals surface area contributed by atoms with Crippen LogP contribution < -0.4 is 5.32 Å². The van der Waals surface area contributed by atoms with Gasteiger partial charge >= 0.3 is 0 Å². The SMILES string of the molecule is CN=C(NCc1ccc(CN2CCCC2=O)cc1)N1CCN(Cc2ccccc2)CC1. The Balaban J connectivity index is 1.23. The smallest absolute Gasteiger partial charge is 0.222 e. The van der Waals surface area contributed by atoms with Crippen molar-refractivity contribution in [2.45, 2.75) is 32.5 Å². The lowest BCUT2D eigenvalue weighted by Crippen LogP contribution is -2.52. The number of carbonyl (C=O) groups excluding carboxylic acids is 1. The summed E-state index contributed by atoms with van der Waals surface area (Å²) in [6, 6.07) is 19.2. The molecule has 0 atom stereocenters. The Morgan fingerprint density at radius 3 is 2.19 bits per heavy atom. The maximum Gasteiger partial charge on any atom is 0.222 e. The summed E-state index contributed by atoms with van der Waals surface area (Å²) in [7, 11) is 1.86. The van der Waals surface area contributed by atoms with Gasteiger partial charge in [0, 0.05) is 65.8 Å². The number of nitrogens with zero attached hydrogens (tertiary/aromatic N) is 4. The third kappa shape index (κ3) is 5.85. The van der Waals surface area contributed by atoms with E-state index in [1.165, 1.54) is 16.7 Å². The Morgan fingerprint density at radius 2 is 1.55 bits per heavy atom. The molecular weight excluding hydrogens is 386 g/mol. The molecule has 0 saturated carbocycles. The largest absolute Gasteiger partial charge is 0.352 e. The van der Waals surface area contributed by atoms with Gasteiger partial charge in [-0.05, 0) is 23.1 Å². The van der Waals surface area contributed by atoms with Crippen LogP contribution in [0, 0.1) is 0 Å². The summed E-state index contributed by atoms with van der Waals surface area (Å²) in [5.41, 5.74) is 3.79. The van der Waals surface area contributed by atoms with Crippen molar-refractivity contribution in [2.75, 3.05) is 39.8 Å². The minimum absolute atomic E-state index is 0.276. The predicted molar refractivity (Wildman–Crippen MR) is 125 cm³/mol. The van der Waals surface area contributed by atoms with Crippen molar-refractivity contribution in [3.05, 3.63) is 71.3 Å². The second kappa shape index (κ2) is 10.4. The number of benzene rings is 2. The molecule has 0 aromatic heterocycles. The summed E-state index contributed by atoms with van der Waals surface area (Å²) in [6.07, 6.45) is 1.68. The molecular formula is C25H33N5O. The van der Waals surface area contributed by atoms with Crippen LogP contribution in [-0.2, 0) is 24.4 Å². The fourth-order valence-corrected chi connectivity index (χ4v) is 4.33. The second-order valence-corrected chi connectivity index (χ2v) is 8.38. The molecule has 0 radical (unpaired) electrons. The third-order valence-corrected chi connectivity index (χ3v) is 6.15. The van der Waals surface area contributed by atoms with E-state index in [-0.39, 0.29) is 5.91 Å². The van der Waals surface area contributed by atoms with Crippen molar-refractivity contribution in [1.82, 2.24) is 20.0 Å². The van der Waals surface area contributed by atoms with E-state index in [1.54, 1.807) is 0 Å². The molecule has 2 aliphatic rings. The number of carbonyl (C=O) groups is 1. The number of guanidine groups is 1. The van der Waals surface area contributed by atoms with Crippen LogP contribution in [0.25, 0.3) is 0 Å². The van der Waals surface area contributed by atoms with E-state index in [1.807, 2.05) is 11.9 Å². The van der Waals surface area contributed by atoms with Crippen molar-refractivity contribution >= 4 is 11.9 Å². The molecule has 2 fully saturated rings. The lowest BCUT2D eigenvalue weighted by molar-refractivity contribution is -0.128. The summed E-state index contributed by atoms with van der Waals surface area (Å²) >= 11 is 0. The van der Waals surface area contributed by atoms with E-state index in [0.717, 1.165) is 64.7 Å². The summed E-state index contributed by atoms with van der Waals surface area (Å²) in [5, 5.41) is 3.51. The van der Waals surface area contributed by atoms with Gasteiger partial charge < -0.3 is 15.1 Å². The molecule has 0 aliphatic carbocycles. The van der Waals surface area contributed by atoms with Crippen LogP contribution in [0.2, 0.25) is 0 Å². The highest BCUT2D eigenvalue weighted by molar-refractivity contribution is 5.80.